The van der Waals surface area contributed by atoms with Crippen LogP contribution in [-0.4, -0.2) is 58.5 Å². The molecule has 1 amide bonds. The van der Waals surface area contributed by atoms with E-state index in [2.05, 4.69) is 5.32 Å². The molecule has 1 aliphatic rings. The molecule has 1 heterocycles. The zero-order valence-corrected chi connectivity index (χ0v) is 19.2. The maximum atomic E-state index is 13.1. The minimum atomic E-state index is -3.83. The second-order valence-corrected chi connectivity index (χ2v) is 11.8. The van der Waals surface area contributed by atoms with E-state index in [1.165, 1.54) is 42.7 Å². The number of carbonyl (C=O) groups is 1. The van der Waals surface area contributed by atoms with Gasteiger partial charge in [-0.15, -0.1) is 0 Å². The molecule has 1 saturated heterocycles. The molecule has 0 aromatic heterocycles. The van der Waals surface area contributed by atoms with E-state index in [4.69, 9.17) is 0 Å². The van der Waals surface area contributed by atoms with Crippen LogP contribution in [0, 0.1) is 5.92 Å². The molecule has 0 unspecified atom stereocenters. The van der Waals surface area contributed by atoms with Crippen molar-refractivity contribution in [3.05, 3.63) is 60.2 Å². The van der Waals surface area contributed by atoms with E-state index in [0.717, 1.165) is 9.87 Å². The van der Waals surface area contributed by atoms with Gasteiger partial charge in [0.1, 0.15) is 0 Å². The van der Waals surface area contributed by atoms with E-state index in [0.29, 0.717) is 25.9 Å². The van der Waals surface area contributed by atoms with Crippen molar-refractivity contribution in [2.24, 2.45) is 5.92 Å². The van der Waals surface area contributed by atoms with Crippen molar-refractivity contribution in [1.29, 1.82) is 0 Å². The van der Waals surface area contributed by atoms with E-state index in [-0.39, 0.29) is 22.2 Å². The van der Waals surface area contributed by atoms with Crippen LogP contribution in [-0.2, 0) is 31.4 Å². The molecule has 0 saturated carbocycles. The number of amides is 1. The van der Waals surface area contributed by atoms with Crippen LogP contribution in [0.5, 0.6) is 0 Å². The number of hydrogen-bond acceptors (Lipinski definition) is 5. The Labute approximate surface area is 184 Å². The molecule has 8 nitrogen and oxygen atoms in total. The topological polar surface area (TPSA) is 104 Å². The molecule has 2 aromatic carbocycles. The van der Waals surface area contributed by atoms with Gasteiger partial charge < -0.3 is 5.32 Å². The molecular weight excluding hydrogens is 438 g/mol. The number of piperidine rings is 1. The monoisotopic (exact) mass is 465 g/mol. The smallest absolute Gasteiger partial charge is 0.243 e. The van der Waals surface area contributed by atoms with E-state index in [1.807, 2.05) is 30.3 Å². The Hall–Kier alpha value is -2.27. The summed E-state index contributed by atoms with van der Waals surface area (Å²) >= 11 is 0. The first-order valence-electron chi connectivity index (χ1n) is 9.97. The first-order chi connectivity index (χ1) is 14.6. The summed E-state index contributed by atoms with van der Waals surface area (Å²) in [6.07, 6.45) is 1.20. The summed E-state index contributed by atoms with van der Waals surface area (Å²) < 4.78 is 52.9. The van der Waals surface area contributed by atoms with Crippen LogP contribution in [0.2, 0.25) is 0 Å². The van der Waals surface area contributed by atoms with Gasteiger partial charge in [0.25, 0.3) is 0 Å². The Morgan fingerprint density at radius 3 is 2.23 bits per heavy atom. The van der Waals surface area contributed by atoms with Crippen molar-refractivity contribution < 1.29 is 21.6 Å². The third-order valence-corrected chi connectivity index (χ3v) is 9.01. The zero-order chi connectivity index (χ0) is 22.6. The summed E-state index contributed by atoms with van der Waals surface area (Å²) in [5.74, 6) is -0.600. The fraction of sp³-hybridized carbons (Fsp3) is 0.381. The van der Waals surface area contributed by atoms with Gasteiger partial charge in [-0.2, -0.15) is 4.31 Å². The lowest BCUT2D eigenvalue weighted by Gasteiger charge is -2.31. The Morgan fingerprint density at radius 2 is 1.61 bits per heavy atom. The molecule has 0 radical (unpaired) electrons. The van der Waals surface area contributed by atoms with E-state index < -0.39 is 26.0 Å². The van der Waals surface area contributed by atoms with Crippen molar-refractivity contribution in [1.82, 2.24) is 13.9 Å². The Kier molecular flexibility index (Phi) is 7.15. The van der Waals surface area contributed by atoms with Crippen molar-refractivity contribution in [2.45, 2.75) is 29.2 Å². The molecule has 1 N–H and O–H groups in total. The Balaban J connectivity index is 1.69. The van der Waals surface area contributed by atoms with Crippen molar-refractivity contribution >= 4 is 26.0 Å². The maximum absolute atomic E-state index is 13.1. The minimum absolute atomic E-state index is 0.00977. The van der Waals surface area contributed by atoms with Gasteiger partial charge in [0.05, 0.1) is 15.7 Å². The number of carbonyl (C=O) groups excluding carboxylic acids is 1. The number of benzene rings is 2. The van der Waals surface area contributed by atoms with Crippen LogP contribution in [0.25, 0.3) is 0 Å². The normalized spacial score (nSPS) is 18.1. The predicted molar refractivity (Wildman–Crippen MR) is 117 cm³/mol. The summed E-state index contributed by atoms with van der Waals surface area (Å²) in [5, 5.41) is 2.88. The molecule has 3 rings (SSSR count). The third-order valence-electron chi connectivity index (χ3n) is 5.30. The fourth-order valence-corrected chi connectivity index (χ4v) is 5.87. The largest absolute Gasteiger partial charge is 0.352 e. The van der Waals surface area contributed by atoms with Crippen molar-refractivity contribution in [2.75, 3.05) is 27.2 Å². The molecule has 2 aromatic rings. The van der Waals surface area contributed by atoms with Crippen LogP contribution >= 0.6 is 0 Å². The summed E-state index contributed by atoms with van der Waals surface area (Å²) in [6.45, 7) is 0.813. The van der Waals surface area contributed by atoms with Gasteiger partial charge in [-0.3, -0.25) is 4.79 Å². The Morgan fingerprint density at radius 1 is 1.00 bits per heavy atom. The van der Waals surface area contributed by atoms with Gasteiger partial charge in [0.15, 0.2) is 0 Å². The van der Waals surface area contributed by atoms with Crippen LogP contribution in [0.1, 0.15) is 18.4 Å². The van der Waals surface area contributed by atoms with Gasteiger partial charge in [0.2, 0.25) is 26.0 Å². The van der Waals surface area contributed by atoms with Crippen LogP contribution in [0.3, 0.4) is 0 Å². The summed E-state index contributed by atoms with van der Waals surface area (Å²) in [6, 6.07) is 14.7. The molecule has 1 fully saturated rings. The molecule has 0 bridgehead atoms. The zero-order valence-electron chi connectivity index (χ0n) is 17.6. The SMILES string of the molecule is CN(C)S(=O)(=O)c1ccc(S(=O)(=O)N2CCC[C@H](C(=O)NCc3ccccc3)C2)cc1. The highest BCUT2D eigenvalue weighted by molar-refractivity contribution is 7.89. The highest BCUT2D eigenvalue weighted by Gasteiger charge is 2.33. The summed E-state index contributed by atoms with van der Waals surface area (Å²) in [7, 11) is -4.65. The highest BCUT2D eigenvalue weighted by Crippen LogP contribution is 2.25. The van der Waals surface area contributed by atoms with E-state index in [9.17, 15) is 21.6 Å². The number of hydrogen-bond donors (Lipinski definition) is 1. The molecule has 10 heteroatoms. The molecule has 168 valence electrons. The van der Waals surface area contributed by atoms with Gasteiger partial charge in [-0.1, -0.05) is 30.3 Å². The predicted octanol–water partition coefficient (Wildman–Crippen LogP) is 1.65. The van der Waals surface area contributed by atoms with Crippen LogP contribution in [0.4, 0.5) is 0 Å². The number of rotatable bonds is 7. The first-order valence-corrected chi connectivity index (χ1v) is 12.8. The van der Waals surface area contributed by atoms with Gasteiger partial charge in [-0.05, 0) is 42.7 Å². The number of sulfonamides is 2. The number of nitrogens with zero attached hydrogens (tertiary/aromatic N) is 2. The Bertz CT molecular complexity index is 1120. The average molecular weight is 466 g/mol. The third kappa shape index (κ3) is 5.32. The molecule has 31 heavy (non-hydrogen) atoms. The molecule has 1 aliphatic heterocycles. The molecular formula is C21H27N3O5S2. The lowest BCUT2D eigenvalue weighted by molar-refractivity contribution is -0.126. The van der Waals surface area contributed by atoms with Crippen molar-refractivity contribution in [3.8, 4) is 0 Å². The molecule has 0 aliphatic carbocycles. The standard InChI is InChI=1S/C21H27N3O5S2/c1-23(2)30(26,27)19-10-12-20(13-11-19)31(28,29)24-14-6-9-18(16-24)21(25)22-15-17-7-4-3-5-8-17/h3-5,7-8,10-13,18H,6,9,14-16H2,1-2H3,(H,22,25)/t18-/m0/s1. The van der Waals surface area contributed by atoms with Gasteiger partial charge in [-0.25, -0.2) is 21.1 Å². The second kappa shape index (κ2) is 9.47. The van der Waals surface area contributed by atoms with E-state index >= 15 is 0 Å². The molecule has 0 spiro atoms. The second-order valence-electron chi connectivity index (χ2n) is 7.66. The summed E-state index contributed by atoms with van der Waals surface area (Å²) in [5.41, 5.74) is 0.976. The summed E-state index contributed by atoms with van der Waals surface area (Å²) in [4.78, 5) is 12.6. The first kappa shape index (κ1) is 23.4. The fourth-order valence-electron chi connectivity index (χ4n) is 3.45. The average Bonchev–Trinajstić information content (AvgIpc) is 2.78. The van der Waals surface area contributed by atoms with Crippen LogP contribution in [0.15, 0.2) is 64.4 Å². The number of nitrogens with one attached hydrogen (secondary N) is 1. The van der Waals surface area contributed by atoms with E-state index in [1.54, 1.807) is 0 Å². The maximum Gasteiger partial charge on any atom is 0.243 e. The highest BCUT2D eigenvalue weighted by atomic mass is 32.2. The lowest BCUT2D eigenvalue weighted by atomic mass is 9.99. The van der Waals surface area contributed by atoms with Crippen molar-refractivity contribution in [3.63, 3.8) is 0 Å². The lowest BCUT2D eigenvalue weighted by Crippen LogP contribution is -2.45. The quantitative estimate of drug-likeness (QED) is 0.670. The minimum Gasteiger partial charge on any atom is -0.352 e. The van der Waals surface area contributed by atoms with Gasteiger partial charge >= 0.3 is 0 Å². The molecule has 1 atom stereocenters. The van der Waals surface area contributed by atoms with Crippen LogP contribution < -0.4 is 5.32 Å². The van der Waals surface area contributed by atoms with Gasteiger partial charge in [0, 0.05) is 33.7 Å².